The van der Waals surface area contributed by atoms with E-state index in [4.69, 9.17) is 4.42 Å². The molecule has 1 saturated heterocycles. The van der Waals surface area contributed by atoms with E-state index in [0.717, 1.165) is 8.47 Å². The van der Waals surface area contributed by atoms with Gasteiger partial charge in [-0.1, -0.05) is 12.1 Å². The van der Waals surface area contributed by atoms with Crippen LogP contribution in [0.2, 0.25) is 0 Å². The van der Waals surface area contributed by atoms with Crippen molar-refractivity contribution in [2.24, 2.45) is 0 Å². The Labute approximate surface area is 185 Å². The zero-order valence-electron chi connectivity index (χ0n) is 15.6. The smallest absolute Gasteiger partial charge is 0.257 e. The van der Waals surface area contributed by atoms with Crippen LogP contribution in [0.3, 0.4) is 0 Å². The van der Waals surface area contributed by atoms with Crippen LogP contribution in [0.1, 0.15) is 22.5 Å². The lowest BCUT2D eigenvalue weighted by Gasteiger charge is -2.27. The number of carbonyl (C=O) groups is 3. The van der Waals surface area contributed by atoms with Crippen molar-refractivity contribution in [2.45, 2.75) is 19.0 Å². The summed E-state index contributed by atoms with van der Waals surface area (Å²) in [5.41, 5.74) is 0.265. The quantitative estimate of drug-likeness (QED) is 0.379. The van der Waals surface area contributed by atoms with Crippen LogP contribution < -0.4 is 4.90 Å². The monoisotopic (exact) mass is 518 g/mol. The number of benzene rings is 2. The van der Waals surface area contributed by atoms with Crippen molar-refractivity contribution in [2.75, 3.05) is 4.90 Å². The topological polar surface area (TPSA) is 70.8 Å². The maximum atomic E-state index is 14.3. The second kappa shape index (κ2) is 8.39. The van der Waals surface area contributed by atoms with E-state index in [-0.39, 0.29) is 18.5 Å². The van der Waals surface area contributed by atoms with Gasteiger partial charge in [0.25, 0.3) is 11.8 Å². The van der Waals surface area contributed by atoms with Gasteiger partial charge in [-0.05, 0) is 71.1 Å². The van der Waals surface area contributed by atoms with Gasteiger partial charge in [0.2, 0.25) is 5.91 Å². The van der Waals surface area contributed by atoms with Crippen molar-refractivity contribution >= 4 is 46.0 Å². The summed E-state index contributed by atoms with van der Waals surface area (Å²) in [5, 5.41) is 0. The minimum Gasteiger partial charge on any atom is -0.467 e. The van der Waals surface area contributed by atoms with Crippen LogP contribution in [-0.4, -0.2) is 28.7 Å². The van der Waals surface area contributed by atoms with Crippen LogP contribution in [0.25, 0.3) is 0 Å². The van der Waals surface area contributed by atoms with Crippen LogP contribution >= 0.6 is 22.6 Å². The number of rotatable bonds is 5. The van der Waals surface area contributed by atoms with Gasteiger partial charge in [-0.25, -0.2) is 9.29 Å². The normalized spacial score (nSPS) is 16.2. The molecule has 1 aliphatic rings. The Morgan fingerprint density at radius 1 is 1.10 bits per heavy atom. The summed E-state index contributed by atoms with van der Waals surface area (Å²) in [6, 6.07) is 14.7. The molecule has 30 heavy (non-hydrogen) atoms. The van der Waals surface area contributed by atoms with E-state index >= 15 is 0 Å². The van der Waals surface area contributed by atoms with Gasteiger partial charge in [-0.3, -0.25) is 14.4 Å². The average molecular weight is 518 g/mol. The first kappa shape index (κ1) is 20.3. The summed E-state index contributed by atoms with van der Waals surface area (Å²) in [6.45, 7) is -0.0651. The van der Waals surface area contributed by atoms with Gasteiger partial charge in [-0.2, -0.15) is 0 Å². The molecule has 152 valence electrons. The third kappa shape index (κ3) is 3.87. The molecular weight excluding hydrogens is 502 g/mol. The molecule has 1 unspecified atom stereocenters. The highest BCUT2D eigenvalue weighted by Gasteiger charge is 2.45. The minimum absolute atomic E-state index is 0.0651. The van der Waals surface area contributed by atoms with Gasteiger partial charge in [0.1, 0.15) is 17.6 Å². The van der Waals surface area contributed by atoms with Crippen molar-refractivity contribution in [1.82, 2.24) is 4.90 Å². The highest BCUT2D eigenvalue weighted by Crippen LogP contribution is 2.28. The number of furan rings is 1. The number of hydrogen-bond donors (Lipinski definition) is 0. The van der Waals surface area contributed by atoms with Gasteiger partial charge in [-0.15, -0.1) is 0 Å². The highest BCUT2D eigenvalue weighted by atomic mass is 127. The first-order chi connectivity index (χ1) is 14.5. The van der Waals surface area contributed by atoms with E-state index in [2.05, 4.69) is 22.6 Å². The summed E-state index contributed by atoms with van der Waals surface area (Å²) in [5.74, 6) is -1.90. The van der Waals surface area contributed by atoms with Crippen molar-refractivity contribution in [3.63, 3.8) is 0 Å². The molecule has 0 bridgehead atoms. The number of amides is 3. The van der Waals surface area contributed by atoms with Crippen molar-refractivity contribution in [3.8, 4) is 0 Å². The number of imide groups is 1. The fraction of sp³-hybridized carbons (Fsp3) is 0.136. The van der Waals surface area contributed by atoms with Crippen LogP contribution in [0.5, 0.6) is 0 Å². The Bertz CT molecular complexity index is 1100. The van der Waals surface area contributed by atoms with Crippen LogP contribution in [0.15, 0.2) is 71.3 Å². The molecule has 8 heteroatoms. The Morgan fingerprint density at radius 2 is 1.83 bits per heavy atom. The van der Waals surface area contributed by atoms with Crippen molar-refractivity contribution < 1.29 is 23.2 Å². The van der Waals surface area contributed by atoms with E-state index < -0.39 is 29.6 Å². The summed E-state index contributed by atoms with van der Waals surface area (Å²) >= 11 is 2.13. The van der Waals surface area contributed by atoms with Gasteiger partial charge < -0.3 is 9.32 Å². The number of halogens is 2. The molecule has 0 radical (unpaired) electrons. The second-order valence-electron chi connectivity index (χ2n) is 6.76. The Morgan fingerprint density at radius 3 is 2.50 bits per heavy atom. The van der Waals surface area contributed by atoms with Crippen LogP contribution in [0.4, 0.5) is 10.1 Å². The molecule has 2 aromatic carbocycles. The van der Waals surface area contributed by atoms with E-state index in [0.29, 0.717) is 11.4 Å². The molecule has 0 spiro atoms. The molecule has 0 N–H and O–H groups in total. The summed E-state index contributed by atoms with van der Waals surface area (Å²) in [7, 11) is 0. The van der Waals surface area contributed by atoms with E-state index in [1.807, 2.05) is 0 Å². The molecular formula is C22H16FIN2O4. The molecule has 3 amide bonds. The molecule has 4 rings (SSSR count). The number of nitrogens with zero attached hydrogens (tertiary/aromatic N) is 2. The van der Waals surface area contributed by atoms with Gasteiger partial charge in [0.15, 0.2) is 0 Å². The lowest BCUT2D eigenvalue weighted by atomic mass is 10.1. The molecule has 1 aromatic heterocycles. The van der Waals surface area contributed by atoms with Crippen LogP contribution in [0, 0.1) is 9.39 Å². The molecule has 1 fully saturated rings. The molecule has 1 atom stereocenters. The molecule has 0 aliphatic carbocycles. The summed E-state index contributed by atoms with van der Waals surface area (Å²) in [4.78, 5) is 41.3. The third-order valence-electron chi connectivity index (χ3n) is 4.86. The fourth-order valence-corrected chi connectivity index (χ4v) is 3.76. The summed E-state index contributed by atoms with van der Waals surface area (Å²) < 4.78 is 20.6. The molecule has 1 aliphatic heterocycles. The lowest BCUT2D eigenvalue weighted by Crippen LogP contribution is -2.45. The van der Waals surface area contributed by atoms with E-state index in [9.17, 15) is 18.8 Å². The number of carbonyl (C=O) groups excluding carboxylic acids is 3. The molecule has 0 saturated carbocycles. The zero-order chi connectivity index (χ0) is 21.3. The zero-order valence-corrected chi connectivity index (χ0v) is 17.8. The third-order valence-corrected chi connectivity index (χ3v) is 5.57. The van der Waals surface area contributed by atoms with Gasteiger partial charge >= 0.3 is 0 Å². The Hall–Kier alpha value is -3.01. The fourth-order valence-electron chi connectivity index (χ4n) is 3.40. The van der Waals surface area contributed by atoms with E-state index in [1.165, 1.54) is 29.4 Å². The number of anilines is 1. The SMILES string of the molecule is O=C1CC(N(Cc2ccco2)C(=O)c2ccccc2F)C(=O)N1c1ccc(I)cc1. The van der Waals surface area contributed by atoms with Crippen molar-refractivity contribution in [3.05, 3.63) is 87.6 Å². The van der Waals surface area contributed by atoms with Crippen molar-refractivity contribution in [1.29, 1.82) is 0 Å². The summed E-state index contributed by atoms with van der Waals surface area (Å²) in [6.07, 6.45) is 1.26. The van der Waals surface area contributed by atoms with Gasteiger partial charge in [0, 0.05) is 3.57 Å². The predicted octanol–water partition coefficient (Wildman–Crippen LogP) is 4.00. The Balaban J connectivity index is 1.69. The molecule has 3 aromatic rings. The second-order valence-corrected chi connectivity index (χ2v) is 8.00. The first-order valence-corrected chi connectivity index (χ1v) is 10.2. The van der Waals surface area contributed by atoms with Crippen LogP contribution in [-0.2, 0) is 16.1 Å². The maximum Gasteiger partial charge on any atom is 0.257 e. The number of hydrogen-bond acceptors (Lipinski definition) is 4. The maximum absolute atomic E-state index is 14.3. The van der Waals surface area contributed by atoms with Gasteiger partial charge in [0.05, 0.1) is 30.5 Å². The standard InChI is InChI=1S/C22H16FIN2O4/c23-18-6-2-1-5-17(18)21(28)25(13-16-4-3-11-30-16)19-12-20(27)26(22(19)29)15-9-7-14(24)8-10-15/h1-11,19H,12-13H2. The lowest BCUT2D eigenvalue weighted by molar-refractivity contribution is -0.122. The van der Waals surface area contributed by atoms with E-state index in [1.54, 1.807) is 42.5 Å². The first-order valence-electron chi connectivity index (χ1n) is 9.16. The Kier molecular flexibility index (Phi) is 5.67. The molecule has 6 nitrogen and oxygen atoms in total. The minimum atomic E-state index is -1.06. The average Bonchev–Trinajstić information content (AvgIpc) is 3.35. The highest BCUT2D eigenvalue weighted by molar-refractivity contribution is 14.1. The molecule has 2 heterocycles. The predicted molar refractivity (Wildman–Crippen MR) is 115 cm³/mol. The largest absolute Gasteiger partial charge is 0.467 e.